The molecule has 0 aliphatic rings. The molecule has 0 bridgehead atoms. The van der Waals surface area contributed by atoms with Crippen molar-refractivity contribution in [3.8, 4) is 0 Å². The number of carbonyl (C=O) groups excluding carboxylic acids is 1. The number of benzene rings is 2. The summed E-state index contributed by atoms with van der Waals surface area (Å²) in [5.41, 5.74) is 5.68. The summed E-state index contributed by atoms with van der Waals surface area (Å²) in [5.74, 6) is 0.118. The number of carbonyl (C=O) groups is 1. The molecule has 0 spiro atoms. The lowest BCUT2D eigenvalue weighted by molar-refractivity contribution is 0.0564. The molecule has 3 aromatic rings. The molecule has 0 atom stereocenters. The quantitative estimate of drug-likeness (QED) is 0.425. The predicted molar refractivity (Wildman–Crippen MR) is 95.4 cm³/mol. The van der Waals surface area contributed by atoms with Crippen LogP contribution >= 0.6 is 0 Å². The summed E-state index contributed by atoms with van der Waals surface area (Å²) in [5, 5.41) is 4.48. The van der Waals surface area contributed by atoms with Crippen LogP contribution in [0, 0.1) is 0 Å². The Morgan fingerprint density at radius 1 is 0.960 bits per heavy atom. The third-order valence-corrected chi connectivity index (χ3v) is 3.59. The van der Waals surface area contributed by atoms with Crippen LogP contribution in [0.4, 0.5) is 0 Å². The number of hydrogen-bond donors (Lipinski definition) is 1. The van der Waals surface area contributed by atoms with Gasteiger partial charge in [0.25, 0.3) is 0 Å². The fraction of sp³-hybridized carbons (Fsp3) is 0.100. The van der Waals surface area contributed by atoms with E-state index in [1.54, 1.807) is 12.1 Å². The molecule has 2 aromatic carbocycles. The van der Waals surface area contributed by atoms with Crippen molar-refractivity contribution in [1.29, 1.82) is 0 Å². The van der Waals surface area contributed by atoms with Crippen LogP contribution in [-0.4, -0.2) is 18.8 Å². The molecule has 25 heavy (non-hydrogen) atoms. The van der Waals surface area contributed by atoms with Gasteiger partial charge in [-0.1, -0.05) is 60.7 Å². The smallest absolute Gasteiger partial charge is 0.373 e. The Balaban J connectivity index is 1.86. The molecule has 0 unspecified atom stereocenters. The molecule has 0 aliphatic carbocycles. The van der Waals surface area contributed by atoms with Crippen molar-refractivity contribution in [1.82, 2.24) is 5.43 Å². The van der Waals surface area contributed by atoms with E-state index in [0.717, 1.165) is 11.1 Å². The van der Waals surface area contributed by atoms with Crippen LogP contribution in [0.2, 0.25) is 0 Å². The summed E-state index contributed by atoms with van der Waals surface area (Å²) in [7, 11) is 1.32. The SMILES string of the molecule is COC(=O)c1ccc(/C(=N/NCc2ccccc2)c2ccccc2)o1. The Morgan fingerprint density at radius 2 is 1.60 bits per heavy atom. The van der Waals surface area contributed by atoms with Gasteiger partial charge in [0, 0.05) is 5.56 Å². The highest BCUT2D eigenvalue weighted by Gasteiger charge is 2.16. The first-order chi connectivity index (χ1) is 12.3. The average molecular weight is 334 g/mol. The Bertz CT molecular complexity index is 855. The summed E-state index contributed by atoms with van der Waals surface area (Å²) in [6.07, 6.45) is 0. The zero-order valence-corrected chi connectivity index (χ0v) is 13.8. The maximum absolute atomic E-state index is 11.6. The molecule has 5 heteroatoms. The summed E-state index contributed by atoms with van der Waals surface area (Å²) in [4.78, 5) is 11.6. The standard InChI is InChI=1S/C20H18N2O3/c1-24-20(23)18-13-12-17(25-18)19(16-10-6-3-7-11-16)22-21-14-15-8-4-2-5-9-15/h2-13,21H,14H2,1H3/b22-19+. The van der Waals surface area contributed by atoms with Crippen LogP contribution in [0.15, 0.2) is 82.3 Å². The van der Waals surface area contributed by atoms with Crippen molar-refractivity contribution >= 4 is 11.7 Å². The molecule has 126 valence electrons. The summed E-state index contributed by atoms with van der Waals surface area (Å²) >= 11 is 0. The van der Waals surface area contributed by atoms with E-state index < -0.39 is 5.97 Å². The van der Waals surface area contributed by atoms with Gasteiger partial charge in [0.15, 0.2) is 5.76 Å². The first-order valence-corrected chi connectivity index (χ1v) is 7.86. The predicted octanol–water partition coefficient (Wildman–Crippen LogP) is 3.61. The monoisotopic (exact) mass is 334 g/mol. The van der Waals surface area contributed by atoms with Crippen molar-refractivity contribution in [2.24, 2.45) is 5.10 Å². The number of esters is 1. The zero-order valence-electron chi connectivity index (χ0n) is 13.8. The molecule has 1 N–H and O–H groups in total. The molecular formula is C20H18N2O3. The van der Waals surface area contributed by atoms with Crippen molar-refractivity contribution in [2.75, 3.05) is 7.11 Å². The van der Waals surface area contributed by atoms with Crippen LogP contribution in [-0.2, 0) is 11.3 Å². The van der Waals surface area contributed by atoms with E-state index >= 15 is 0 Å². The molecular weight excluding hydrogens is 316 g/mol. The van der Waals surface area contributed by atoms with Crippen LogP contribution in [0.5, 0.6) is 0 Å². The fourth-order valence-electron chi connectivity index (χ4n) is 2.34. The van der Waals surface area contributed by atoms with E-state index in [2.05, 4.69) is 15.3 Å². The van der Waals surface area contributed by atoms with Gasteiger partial charge in [-0.3, -0.25) is 0 Å². The fourth-order valence-corrected chi connectivity index (χ4v) is 2.34. The Labute approximate surface area is 145 Å². The van der Waals surface area contributed by atoms with Crippen molar-refractivity contribution in [2.45, 2.75) is 6.54 Å². The van der Waals surface area contributed by atoms with E-state index in [1.807, 2.05) is 60.7 Å². The number of nitrogens with one attached hydrogen (secondary N) is 1. The highest BCUT2D eigenvalue weighted by molar-refractivity contribution is 6.11. The second kappa shape index (κ2) is 7.97. The molecule has 0 fully saturated rings. The molecule has 3 rings (SSSR count). The van der Waals surface area contributed by atoms with Gasteiger partial charge in [-0.25, -0.2) is 4.79 Å². The maximum atomic E-state index is 11.6. The third kappa shape index (κ3) is 4.14. The molecule has 5 nitrogen and oxygen atoms in total. The molecule has 1 heterocycles. The van der Waals surface area contributed by atoms with Gasteiger partial charge in [0.1, 0.15) is 5.71 Å². The normalized spacial score (nSPS) is 11.2. The van der Waals surface area contributed by atoms with E-state index in [-0.39, 0.29) is 5.76 Å². The minimum Gasteiger partial charge on any atom is -0.463 e. The molecule has 0 amide bonds. The topological polar surface area (TPSA) is 63.8 Å². The lowest BCUT2D eigenvalue weighted by atomic mass is 10.1. The van der Waals surface area contributed by atoms with Gasteiger partial charge in [0.2, 0.25) is 5.76 Å². The second-order valence-electron chi connectivity index (χ2n) is 5.30. The molecule has 0 aliphatic heterocycles. The first kappa shape index (κ1) is 16.5. The zero-order chi connectivity index (χ0) is 17.5. The van der Waals surface area contributed by atoms with Gasteiger partial charge < -0.3 is 14.6 Å². The maximum Gasteiger partial charge on any atom is 0.373 e. The van der Waals surface area contributed by atoms with Gasteiger partial charge in [0.05, 0.1) is 13.7 Å². The molecule has 0 radical (unpaired) electrons. The van der Waals surface area contributed by atoms with Gasteiger partial charge in [-0.15, -0.1) is 0 Å². The van der Waals surface area contributed by atoms with Crippen molar-refractivity contribution < 1.29 is 13.9 Å². The first-order valence-electron chi connectivity index (χ1n) is 7.86. The van der Waals surface area contributed by atoms with E-state index in [1.165, 1.54) is 7.11 Å². The largest absolute Gasteiger partial charge is 0.463 e. The highest BCUT2D eigenvalue weighted by atomic mass is 16.5. The summed E-state index contributed by atoms with van der Waals surface area (Å²) in [6, 6.07) is 22.9. The average Bonchev–Trinajstić information content (AvgIpc) is 3.16. The Kier molecular flexibility index (Phi) is 5.26. The minimum absolute atomic E-state index is 0.143. The van der Waals surface area contributed by atoms with Crippen LogP contribution in [0.25, 0.3) is 0 Å². The van der Waals surface area contributed by atoms with Crippen LogP contribution < -0.4 is 5.43 Å². The molecule has 0 saturated carbocycles. The molecule has 1 aromatic heterocycles. The number of hydrogen-bond acceptors (Lipinski definition) is 5. The highest BCUT2D eigenvalue weighted by Crippen LogP contribution is 2.15. The third-order valence-electron chi connectivity index (χ3n) is 3.59. The van der Waals surface area contributed by atoms with Gasteiger partial charge in [-0.2, -0.15) is 5.10 Å². The Morgan fingerprint density at radius 3 is 2.28 bits per heavy atom. The number of hydrazone groups is 1. The van der Waals surface area contributed by atoms with E-state index in [4.69, 9.17) is 4.42 Å². The van der Waals surface area contributed by atoms with E-state index in [0.29, 0.717) is 18.0 Å². The minimum atomic E-state index is -0.518. The van der Waals surface area contributed by atoms with E-state index in [9.17, 15) is 4.79 Å². The van der Waals surface area contributed by atoms with Crippen LogP contribution in [0.3, 0.4) is 0 Å². The lowest BCUT2D eigenvalue weighted by Crippen LogP contribution is -2.12. The summed E-state index contributed by atoms with van der Waals surface area (Å²) in [6.45, 7) is 0.585. The number of methoxy groups -OCH3 is 1. The Hall–Kier alpha value is -3.34. The van der Waals surface area contributed by atoms with Crippen molar-refractivity contribution in [3.63, 3.8) is 0 Å². The lowest BCUT2D eigenvalue weighted by Gasteiger charge is -2.06. The number of nitrogens with zero attached hydrogens (tertiary/aromatic N) is 1. The van der Waals surface area contributed by atoms with Crippen LogP contribution in [0.1, 0.15) is 27.4 Å². The van der Waals surface area contributed by atoms with Gasteiger partial charge >= 0.3 is 5.97 Å². The van der Waals surface area contributed by atoms with Gasteiger partial charge in [-0.05, 0) is 17.7 Å². The second-order valence-corrected chi connectivity index (χ2v) is 5.30. The summed E-state index contributed by atoms with van der Waals surface area (Å²) < 4.78 is 10.3. The number of rotatable bonds is 6. The van der Waals surface area contributed by atoms with Crippen molar-refractivity contribution in [3.05, 3.63) is 95.4 Å². The number of furan rings is 1. The molecule has 0 saturated heterocycles. The number of ether oxygens (including phenoxy) is 1.